The second-order valence-corrected chi connectivity index (χ2v) is 4.90. The van der Waals surface area contributed by atoms with Gasteiger partial charge in [0.05, 0.1) is 0 Å². The van der Waals surface area contributed by atoms with Gasteiger partial charge in [0.15, 0.2) is 5.16 Å². The Labute approximate surface area is 98.2 Å². The molecule has 1 atom stereocenters. The summed E-state index contributed by atoms with van der Waals surface area (Å²) in [7, 11) is 1.82. The highest BCUT2D eigenvalue weighted by atomic mass is 32.2. The van der Waals surface area contributed by atoms with Crippen LogP contribution in [0.4, 0.5) is 0 Å². The van der Waals surface area contributed by atoms with Crippen molar-refractivity contribution in [2.45, 2.75) is 30.5 Å². The molecule has 0 aromatic carbocycles. The predicted molar refractivity (Wildman–Crippen MR) is 61.2 cm³/mol. The number of hydrogen-bond donors (Lipinski definition) is 2. The molecule has 0 bridgehead atoms. The third-order valence-corrected chi connectivity index (χ3v) is 3.35. The van der Waals surface area contributed by atoms with E-state index in [0.717, 1.165) is 17.3 Å². The van der Waals surface area contributed by atoms with E-state index in [1.807, 2.05) is 7.05 Å². The number of rotatable bonds is 6. The summed E-state index contributed by atoms with van der Waals surface area (Å²) in [6.45, 7) is 1.53. The maximum atomic E-state index is 10.7. The fourth-order valence-electron chi connectivity index (χ4n) is 1.13. The van der Waals surface area contributed by atoms with E-state index in [0.29, 0.717) is 6.42 Å². The van der Waals surface area contributed by atoms with Gasteiger partial charge in [0.25, 0.3) is 0 Å². The summed E-state index contributed by atoms with van der Waals surface area (Å²) in [6.07, 6.45) is 2.68. The van der Waals surface area contributed by atoms with E-state index in [4.69, 9.17) is 10.8 Å². The Morgan fingerprint density at radius 1 is 1.75 bits per heavy atom. The molecule has 1 rings (SSSR count). The van der Waals surface area contributed by atoms with Crippen molar-refractivity contribution in [3.05, 3.63) is 6.33 Å². The molecule has 0 aliphatic heterocycles. The van der Waals surface area contributed by atoms with Crippen LogP contribution in [0.15, 0.2) is 11.5 Å². The number of aryl methyl sites for hydroxylation is 1. The van der Waals surface area contributed by atoms with Gasteiger partial charge < -0.3 is 10.8 Å². The molecular weight excluding hydrogens is 228 g/mol. The summed E-state index contributed by atoms with van der Waals surface area (Å²) in [5, 5.41) is 13.6. The maximum absolute atomic E-state index is 10.7. The number of hydrogen-bond acceptors (Lipinski definition) is 5. The maximum Gasteiger partial charge on any atom is 0.323 e. The average Bonchev–Trinajstić information content (AvgIpc) is 2.59. The van der Waals surface area contributed by atoms with Crippen LogP contribution in [0, 0.1) is 0 Å². The van der Waals surface area contributed by atoms with Crippen LogP contribution < -0.4 is 5.73 Å². The minimum Gasteiger partial charge on any atom is -0.480 e. The third-order valence-electron chi connectivity index (χ3n) is 2.23. The molecule has 7 heteroatoms. The first kappa shape index (κ1) is 13.0. The molecule has 1 unspecified atom stereocenters. The Hall–Kier alpha value is -1.08. The molecule has 0 aliphatic carbocycles. The highest BCUT2D eigenvalue weighted by molar-refractivity contribution is 7.99. The monoisotopic (exact) mass is 244 g/mol. The second kappa shape index (κ2) is 5.31. The first-order valence-electron chi connectivity index (χ1n) is 4.92. The van der Waals surface area contributed by atoms with Crippen LogP contribution in [0.3, 0.4) is 0 Å². The number of thioether (sulfide) groups is 1. The molecule has 1 heterocycles. The quantitative estimate of drug-likeness (QED) is 0.558. The van der Waals surface area contributed by atoms with E-state index in [-0.39, 0.29) is 0 Å². The molecule has 6 nitrogen and oxygen atoms in total. The van der Waals surface area contributed by atoms with Crippen LogP contribution >= 0.6 is 11.8 Å². The lowest BCUT2D eigenvalue weighted by Crippen LogP contribution is -2.44. The Balaban J connectivity index is 2.27. The van der Waals surface area contributed by atoms with E-state index in [2.05, 4.69) is 10.1 Å². The Bertz CT molecular complexity index is 364. The molecule has 3 N–H and O–H groups in total. The van der Waals surface area contributed by atoms with Gasteiger partial charge in [-0.2, -0.15) is 5.10 Å². The Morgan fingerprint density at radius 3 is 2.94 bits per heavy atom. The number of nitrogens with zero attached hydrogens (tertiary/aromatic N) is 3. The standard InChI is InChI=1S/C9H16N4O2S/c1-9(10,7(14)15)4-3-5-16-8-11-6-12-13(8)2/h6H,3-5,10H2,1-2H3,(H,14,15). The fourth-order valence-corrected chi connectivity index (χ4v) is 1.95. The lowest BCUT2D eigenvalue weighted by molar-refractivity contribution is -0.142. The van der Waals surface area contributed by atoms with Crippen molar-refractivity contribution in [2.24, 2.45) is 12.8 Å². The predicted octanol–water partition coefficient (Wildman–Crippen LogP) is 0.489. The number of aliphatic carboxylic acids is 1. The highest BCUT2D eigenvalue weighted by Gasteiger charge is 2.26. The fraction of sp³-hybridized carbons (Fsp3) is 0.667. The summed E-state index contributed by atoms with van der Waals surface area (Å²) in [5.74, 6) is -0.178. The van der Waals surface area contributed by atoms with Crippen molar-refractivity contribution in [1.29, 1.82) is 0 Å². The van der Waals surface area contributed by atoms with E-state index < -0.39 is 11.5 Å². The van der Waals surface area contributed by atoms with Gasteiger partial charge in [-0.15, -0.1) is 0 Å². The van der Waals surface area contributed by atoms with E-state index >= 15 is 0 Å². The third kappa shape index (κ3) is 3.49. The molecule has 1 aromatic heterocycles. The number of carboxylic acid groups (broad SMARTS) is 1. The molecule has 1 aromatic rings. The van der Waals surface area contributed by atoms with Crippen molar-refractivity contribution >= 4 is 17.7 Å². The zero-order chi connectivity index (χ0) is 12.2. The number of nitrogens with two attached hydrogens (primary N) is 1. The van der Waals surface area contributed by atoms with Crippen LogP contribution in [0.2, 0.25) is 0 Å². The second-order valence-electron chi connectivity index (χ2n) is 3.84. The van der Waals surface area contributed by atoms with Gasteiger partial charge in [-0.05, 0) is 19.8 Å². The largest absolute Gasteiger partial charge is 0.480 e. The lowest BCUT2D eigenvalue weighted by Gasteiger charge is -2.18. The molecule has 0 saturated carbocycles. The first-order chi connectivity index (χ1) is 7.43. The van der Waals surface area contributed by atoms with E-state index in [1.54, 1.807) is 16.4 Å². The van der Waals surface area contributed by atoms with Crippen LogP contribution in [0.5, 0.6) is 0 Å². The van der Waals surface area contributed by atoms with Gasteiger partial charge in [0, 0.05) is 12.8 Å². The molecule has 0 radical (unpaired) electrons. The summed E-state index contributed by atoms with van der Waals surface area (Å²) >= 11 is 1.55. The highest BCUT2D eigenvalue weighted by Crippen LogP contribution is 2.17. The minimum atomic E-state index is -1.14. The molecule has 0 fully saturated rings. The zero-order valence-corrected chi connectivity index (χ0v) is 10.2. The molecule has 90 valence electrons. The molecular formula is C9H16N4O2S. The van der Waals surface area contributed by atoms with E-state index in [9.17, 15) is 4.79 Å². The molecule has 0 aliphatic rings. The lowest BCUT2D eigenvalue weighted by atomic mass is 9.98. The summed E-state index contributed by atoms with van der Waals surface area (Å²) in [6, 6.07) is 0. The summed E-state index contributed by atoms with van der Waals surface area (Å²) < 4.78 is 1.68. The van der Waals surface area contributed by atoms with Gasteiger partial charge in [-0.1, -0.05) is 11.8 Å². The van der Waals surface area contributed by atoms with Crippen LogP contribution in [-0.4, -0.2) is 37.1 Å². The minimum absolute atomic E-state index is 0.452. The van der Waals surface area contributed by atoms with Crippen LogP contribution in [0.25, 0.3) is 0 Å². The summed E-state index contributed by atoms with van der Waals surface area (Å²) in [4.78, 5) is 14.8. The Kier molecular flexibility index (Phi) is 4.31. The van der Waals surface area contributed by atoms with Crippen LogP contribution in [-0.2, 0) is 11.8 Å². The van der Waals surface area contributed by atoms with Crippen molar-refractivity contribution < 1.29 is 9.90 Å². The molecule has 0 spiro atoms. The SMILES string of the molecule is Cn1ncnc1SCCCC(C)(N)C(=O)O. The summed E-state index contributed by atoms with van der Waals surface area (Å²) in [5.41, 5.74) is 4.47. The van der Waals surface area contributed by atoms with Gasteiger partial charge >= 0.3 is 5.97 Å². The van der Waals surface area contributed by atoms with Crippen molar-refractivity contribution in [3.63, 3.8) is 0 Å². The smallest absolute Gasteiger partial charge is 0.323 e. The van der Waals surface area contributed by atoms with Crippen molar-refractivity contribution in [2.75, 3.05) is 5.75 Å². The van der Waals surface area contributed by atoms with Crippen molar-refractivity contribution in [3.8, 4) is 0 Å². The normalized spacial score (nSPS) is 14.7. The first-order valence-corrected chi connectivity index (χ1v) is 5.91. The van der Waals surface area contributed by atoms with Crippen LogP contribution in [0.1, 0.15) is 19.8 Å². The molecule has 16 heavy (non-hydrogen) atoms. The van der Waals surface area contributed by atoms with Crippen molar-refractivity contribution in [1.82, 2.24) is 14.8 Å². The molecule has 0 amide bonds. The van der Waals surface area contributed by atoms with Gasteiger partial charge in [0.1, 0.15) is 11.9 Å². The topological polar surface area (TPSA) is 94.0 Å². The molecule has 0 saturated heterocycles. The van der Waals surface area contributed by atoms with Gasteiger partial charge in [-0.25, -0.2) is 9.67 Å². The number of carbonyl (C=O) groups is 1. The number of carboxylic acids is 1. The zero-order valence-electron chi connectivity index (χ0n) is 9.38. The number of aromatic nitrogens is 3. The van der Waals surface area contributed by atoms with Gasteiger partial charge in [-0.3, -0.25) is 4.79 Å². The Morgan fingerprint density at radius 2 is 2.44 bits per heavy atom. The van der Waals surface area contributed by atoms with E-state index in [1.165, 1.54) is 13.3 Å². The average molecular weight is 244 g/mol. The van der Waals surface area contributed by atoms with Gasteiger partial charge in [0.2, 0.25) is 0 Å².